The minimum atomic E-state index is -0.709. The molecule has 5 rings (SSSR count). The molecule has 182 valence electrons. The third-order valence-electron chi connectivity index (χ3n) is 6.07. The number of hydrogen-bond donors (Lipinski definition) is 1. The summed E-state index contributed by atoms with van der Waals surface area (Å²) in [6, 6.07) is 10.2. The lowest BCUT2D eigenvalue weighted by Crippen LogP contribution is -2.45. The van der Waals surface area contributed by atoms with E-state index in [9.17, 15) is 8.78 Å². The second-order valence-electron chi connectivity index (χ2n) is 8.31. The van der Waals surface area contributed by atoms with Crippen LogP contribution in [0.1, 0.15) is 12.5 Å². The summed E-state index contributed by atoms with van der Waals surface area (Å²) in [6.07, 6.45) is 4.43. The smallest absolute Gasteiger partial charge is 0.229 e. The van der Waals surface area contributed by atoms with Crippen molar-refractivity contribution >= 4 is 35.1 Å². The summed E-state index contributed by atoms with van der Waals surface area (Å²) in [4.78, 5) is 21.7. The number of pyridine rings is 2. The van der Waals surface area contributed by atoms with Gasteiger partial charge in [-0.15, -0.1) is 12.4 Å². The molecular formula is C25H26ClF2N7. The van der Waals surface area contributed by atoms with Gasteiger partial charge >= 0.3 is 0 Å². The number of piperazine rings is 1. The maximum absolute atomic E-state index is 14.7. The summed E-state index contributed by atoms with van der Waals surface area (Å²) in [5.74, 6) is -0.644. The van der Waals surface area contributed by atoms with Gasteiger partial charge in [0.15, 0.2) is 5.82 Å². The molecule has 0 saturated carbocycles. The third-order valence-corrected chi connectivity index (χ3v) is 6.07. The Morgan fingerprint density at radius 2 is 1.71 bits per heavy atom. The number of halogens is 3. The molecule has 0 amide bonds. The lowest BCUT2D eigenvalue weighted by molar-refractivity contribution is 0.132. The molecule has 35 heavy (non-hydrogen) atoms. The first-order chi connectivity index (χ1) is 16.6. The van der Waals surface area contributed by atoms with E-state index >= 15 is 0 Å². The minimum absolute atomic E-state index is 0. The number of anilines is 2. The van der Waals surface area contributed by atoms with Crippen LogP contribution < -0.4 is 5.32 Å². The van der Waals surface area contributed by atoms with Gasteiger partial charge in [-0.2, -0.15) is 0 Å². The zero-order chi connectivity index (χ0) is 23.5. The van der Waals surface area contributed by atoms with E-state index in [-0.39, 0.29) is 29.6 Å². The first kappa shape index (κ1) is 24.8. The van der Waals surface area contributed by atoms with Crippen LogP contribution in [-0.2, 0) is 6.54 Å². The van der Waals surface area contributed by atoms with Gasteiger partial charge in [0.25, 0.3) is 0 Å². The molecule has 0 unspecified atom stereocenters. The first-order valence-electron chi connectivity index (χ1n) is 11.3. The molecule has 10 heteroatoms. The van der Waals surface area contributed by atoms with Gasteiger partial charge in [0.05, 0.1) is 11.7 Å². The number of aromatic nitrogens is 4. The van der Waals surface area contributed by atoms with Crippen molar-refractivity contribution in [2.24, 2.45) is 0 Å². The van der Waals surface area contributed by atoms with Crippen molar-refractivity contribution < 1.29 is 8.78 Å². The molecule has 4 heterocycles. The van der Waals surface area contributed by atoms with Gasteiger partial charge in [0, 0.05) is 62.1 Å². The molecule has 0 aliphatic carbocycles. The zero-order valence-corrected chi connectivity index (χ0v) is 20.1. The molecule has 1 fully saturated rings. The summed E-state index contributed by atoms with van der Waals surface area (Å²) < 4.78 is 29.3. The van der Waals surface area contributed by atoms with Crippen molar-refractivity contribution in [2.45, 2.75) is 13.5 Å². The Balaban J connectivity index is 0.00000289. The highest BCUT2D eigenvalue weighted by Gasteiger charge is 2.17. The zero-order valence-electron chi connectivity index (χ0n) is 19.3. The Bertz CT molecular complexity index is 1290. The molecule has 0 bridgehead atoms. The van der Waals surface area contributed by atoms with Crippen molar-refractivity contribution in [1.29, 1.82) is 0 Å². The van der Waals surface area contributed by atoms with E-state index in [0.717, 1.165) is 51.0 Å². The van der Waals surface area contributed by atoms with Gasteiger partial charge in [0.1, 0.15) is 17.3 Å². The van der Waals surface area contributed by atoms with Crippen LogP contribution in [0.4, 0.5) is 20.5 Å². The molecule has 1 saturated heterocycles. The second kappa shape index (κ2) is 11.0. The van der Waals surface area contributed by atoms with Crippen LogP contribution in [-0.4, -0.2) is 62.5 Å². The van der Waals surface area contributed by atoms with Crippen molar-refractivity contribution in [2.75, 3.05) is 38.0 Å². The molecular weight excluding hydrogens is 472 g/mol. The molecule has 1 N–H and O–H groups in total. The topological polar surface area (TPSA) is 70.1 Å². The molecule has 0 radical (unpaired) electrons. The number of nitrogens with zero attached hydrogens (tertiary/aromatic N) is 6. The summed E-state index contributed by atoms with van der Waals surface area (Å²) in [6.45, 7) is 8.38. The monoisotopic (exact) mass is 497 g/mol. The van der Waals surface area contributed by atoms with Crippen LogP contribution in [0.25, 0.3) is 22.2 Å². The Morgan fingerprint density at radius 3 is 2.46 bits per heavy atom. The Hall–Kier alpha value is -3.27. The molecule has 1 aromatic carbocycles. The number of fused-ring (bicyclic) bond motifs is 1. The number of hydrogen-bond acceptors (Lipinski definition) is 7. The average Bonchev–Trinajstić information content (AvgIpc) is 2.86. The SMILES string of the molecule is CCN1CCN(Cc2ccc(Nc3ncc(F)c(-c4cc5cccnc5cc4F)n3)nc2)CC1.Cl. The van der Waals surface area contributed by atoms with Gasteiger partial charge in [-0.05, 0) is 30.3 Å². The Labute approximate surface area is 208 Å². The predicted molar refractivity (Wildman–Crippen MR) is 135 cm³/mol. The van der Waals surface area contributed by atoms with Gasteiger partial charge in [-0.25, -0.2) is 23.7 Å². The molecule has 1 aliphatic rings. The van der Waals surface area contributed by atoms with Crippen LogP contribution in [0, 0.1) is 11.6 Å². The average molecular weight is 498 g/mol. The summed E-state index contributed by atoms with van der Waals surface area (Å²) in [5, 5.41) is 3.68. The van der Waals surface area contributed by atoms with Crippen molar-refractivity contribution in [3.8, 4) is 11.3 Å². The van der Waals surface area contributed by atoms with E-state index < -0.39 is 11.6 Å². The summed E-state index contributed by atoms with van der Waals surface area (Å²) in [7, 11) is 0. The lowest BCUT2D eigenvalue weighted by Gasteiger charge is -2.33. The Morgan fingerprint density at radius 1 is 0.914 bits per heavy atom. The number of rotatable bonds is 6. The maximum atomic E-state index is 14.7. The largest absolute Gasteiger partial charge is 0.309 e. The highest BCUT2D eigenvalue weighted by atomic mass is 35.5. The first-order valence-corrected chi connectivity index (χ1v) is 11.3. The van der Waals surface area contributed by atoms with E-state index in [1.165, 1.54) is 6.07 Å². The van der Waals surface area contributed by atoms with Crippen molar-refractivity contribution in [3.63, 3.8) is 0 Å². The highest BCUT2D eigenvalue weighted by molar-refractivity contribution is 5.85. The standard InChI is InChI=1S/C25H25F2N7.ClH/c1-2-33-8-10-34(11-9-33)16-17-5-6-23(29-14-17)31-25-30-15-21(27)24(32-25)19-12-18-4-3-7-28-22(18)13-20(19)26;/h3-7,12-15H,2,8-11,16H2,1H3,(H,29,30,31,32);1H. The van der Waals surface area contributed by atoms with E-state index in [0.29, 0.717) is 16.7 Å². The fourth-order valence-electron chi connectivity index (χ4n) is 4.12. The van der Waals surface area contributed by atoms with Crippen molar-refractivity contribution in [1.82, 2.24) is 29.7 Å². The number of likely N-dealkylation sites (N-methyl/N-ethyl adjacent to an activating group) is 1. The van der Waals surface area contributed by atoms with E-state index in [1.54, 1.807) is 24.4 Å². The van der Waals surface area contributed by atoms with Gasteiger partial charge < -0.3 is 10.2 Å². The van der Waals surface area contributed by atoms with E-state index in [2.05, 4.69) is 42.0 Å². The van der Waals surface area contributed by atoms with Crippen LogP contribution in [0.3, 0.4) is 0 Å². The molecule has 3 aromatic heterocycles. The molecule has 4 aromatic rings. The van der Waals surface area contributed by atoms with Crippen LogP contribution in [0.15, 0.2) is 55.0 Å². The number of benzene rings is 1. The third kappa shape index (κ3) is 5.70. The predicted octanol–water partition coefficient (Wildman–Crippen LogP) is 4.67. The molecule has 0 spiro atoms. The normalized spacial score (nSPS) is 14.6. The van der Waals surface area contributed by atoms with Gasteiger partial charge in [-0.3, -0.25) is 9.88 Å². The minimum Gasteiger partial charge on any atom is -0.309 e. The summed E-state index contributed by atoms with van der Waals surface area (Å²) >= 11 is 0. The maximum Gasteiger partial charge on any atom is 0.229 e. The van der Waals surface area contributed by atoms with Gasteiger partial charge in [-0.1, -0.05) is 19.1 Å². The molecule has 1 aliphatic heterocycles. The Kier molecular flexibility index (Phi) is 7.80. The lowest BCUT2D eigenvalue weighted by atomic mass is 10.1. The van der Waals surface area contributed by atoms with Crippen LogP contribution in [0.2, 0.25) is 0 Å². The highest BCUT2D eigenvalue weighted by Crippen LogP contribution is 2.28. The van der Waals surface area contributed by atoms with E-state index in [1.807, 2.05) is 18.3 Å². The van der Waals surface area contributed by atoms with E-state index in [4.69, 9.17) is 0 Å². The number of nitrogens with one attached hydrogen (secondary N) is 1. The van der Waals surface area contributed by atoms with Crippen LogP contribution >= 0.6 is 12.4 Å². The summed E-state index contributed by atoms with van der Waals surface area (Å²) in [5.41, 5.74) is 1.54. The quantitative estimate of drug-likeness (QED) is 0.415. The second-order valence-corrected chi connectivity index (χ2v) is 8.31. The fourth-order valence-corrected chi connectivity index (χ4v) is 4.12. The van der Waals surface area contributed by atoms with Gasteiger partial charge in [0.2, 0.25) is 5.95 Å². The molecule has 0 atom stereocenters. The fraction of sp³-hybridized carbons (Fsp3) is 0.280. The van der Waals surface area contributed by atoms with Crippen molar-refractivity contribution in [3.05, 3.63) is 72.2 Å². The van der Waals surface area contributed by atoms with Crippen LogP contribution in [0.5, 0.6) is 0 Å². The molecule has 7 nitrogen and oxygen atoms in total.